The summed E-state index contributed by atoms with van der Waals surface area (Å²) in [4.78, 5) is 25.9. The van der Waals surface area contributed by atoms with Crippen molar-refractivity contribution in [2.75, 3.05) is 38.7 Å². The summed E-state index contributed by atoms with van der Waals surface area (Å²) in [5.41, 5.74) is 2.93. The maximum absolute atomic E-state index is 12.8. The number of likely N-dealkylation sites (tertiary alicyclic amines) is 1. The van der Waals surface area contributed by atoms with Crippen molar-refractivity contribution in [2.24, 2.45) is 0 Å². The van der Waals surface area contributed by atoms with Crippen LogP contribution in [0.1, 0.15) is 23.2 Å². The number of benzene rings is 1. The van der Waals surface area contributed by atoms with Crippen LogP contribution in [-0.2, 0) is 28.0 Å². The van der Waals surface area contributed by atoms with Crippen LogP contribution in [0.15, 0.2) is 36.5 Å². The van der Waals surface area contributed by atoms with E-state index in [1.807, 2.05) is 60.4 Å². The number of amides is 1. The number of ether oxygens (including phenoxy) is 1. The standard InChI is InChI=1S/C20H24N4O2/c1-23(2)19-21-11-16-12-26-14-20(18(16)22-19)8-9-24(13-20)17(25)10-15-6-4-3-5-7-15/h3-7,11H,8-10,12-14H2,1-2H3/t20-/m1/s1. The van der Waals surface area contributed by atoms with Gasteiger partial charge < -0.3 is 14.5 Å². The molecule has 136 valence electrons. The Morgan fingerprint density at radius 3 is 2.88 bits per heavy atom. The van der Waals surface area contributed by atoms with Gasteiger partial charge in [-0.25, -0.2) is 9.97 Å². The van der Waals surface area contributed by atoms with Gasteiger partial charge in [-0.3, -0.25) is 4.79 Å². The predicted molar refractivity (Wildman–Crippen MR) is 99.0 cm³/mol. The summed E-state index contributed by atoms with van der Waals surface area (Å²) < 4.78 is 5.85. The Morgan fingerprint density at radius 1 is 1.31 bits per heavy atom. The number of anilines is 1. The van der Waals surface area contributed by atoms with E-state index in [1.165, 1.54) is 0 Å². The first-order valence-corrected chi connectivity index (χ1v) is 9.01. The zero-order valence-corrected chi connectivity index (χ0v) is 15.3. The summed E-state index contributed by atoms with van der Waals surface area (Å²) >= 11 is 0. The second-order valence-electron chi connectivity index (χ2n) is 7.44. The molecular formula is C20H24N4O2. The van der Waals surface area contributed by atoms with Crippen LogP contribution in [0.2, 0.25) is 0 Å². The highest BCUT2D eigenvalue weighted by Gasteiger charge is 2.46. The Morgan fingerprint density at radius 2 is 2.12 bits per heavy atom. The van der Waals surface area contributed by atoms with Crippen LogP contribution in [0.3, 0.4) is 0 Å². The maximum atomic E-state index is 12.8. The molecule has 1 spiro atoms. The van der Waals surface area contributed by atoms with Crippen LogP contribution in [0.5, 0.6) is 0 Å². The molecule has 4 rings (SSSR count). The molecule has 0 N–H and O–H groups in total. The Labute approximate surface area is 153 Å². The fourth-order valence-corrected chi connectivity index (χ4v) is 3.88. The highest BCUT2D eigenvalue weighted by Crippen LogP contribution is 2.39. The molecule has 0 unspecified atom stereocenters. The first-order valence-electron chi connectivity index (χ1n) is 9.01. The average Bonchev–Trinajstić information content (AvgIpc) is 3.07. The SMILES string of the molecule is CN(C)c1ncc2c(n1)[C@@]1(CCN(C(=O)Cc3ccccc3)C1)COC2. The van der Waals surface area contributed by atoms with E-state index >= 15 is 0 Å². The van der Waals surface area contributed by atoms with Gasteiger partial charge in [-0.2, -0.15) is 0 Å². The smallest absolute Gasteiger partial charge is 0.227 e. The van der Waals surface area contributed by atoms with E-state index in [1.54, 1.807) is 0 Å². The Hall–Kier alpha value is -2.47. The van der Waals surface area contributed by atoms with Crippen molar-refractivity contribution in [2.45, 2.75) is 24.9 Å². The molecule has 0 bridgehead atoms. The van der Waals surface area contributed by atoms with Crippen molar-refractivity contribution in [1.82, 2.24) is 14.9 Å². The van der Waals surface area contributed by atoms with Crippen molar-refractivity contribution >= 4 is 11.9 Å². The van der Waals surface area contributed by atoms with Crippen LogP contribution < -0.4 is 4.90 Å². The average molecular weight is 352 g/mol. The van der Waals surface area contributed by atoms with E-state index < -0.39 is 0 Å². The third-order valence-corrected chi connectivity index (χ3v) is 5.29. The molecule has 1 aromatic carbocycles. The quantitative estimate of drug-likeness (QED) is 0.843. The molecule has 0 radical (unpaired) electrons. The summed E-state index contributed by atoms with van der Waals surface area (Å²) in [6.45, 7) is 2.56. The van der Waals surface area contributed by atoms with Crippen molar-refractivity contribution in [3.05, 3.63) is 53.3 Å². The number of carbonyl (C=O) groups is 1. The van der Waals surface area contributed by atoms with E-state index in [2.05, 4.69) is 4.98 Å². The van der Waals surface area contributed by atoms with Gasteiger partial charge in [-0.15, -0.1) is 0 Å². The van der Waals surface area contributed by atoms with E-state index in [-0.39, 0.29) is 11.3 Å². The minimum Gasteiger partial charge on any atom is -0.376 e. The molecule has 2 aromatic rings. The van der Waals surface area contributed by atoms with Crippen molar-refractivity contribution in [3.8, 4) is 0 Å². The Balaban J connectivity index is 1.56. The fourth-order valence-electron chi connectivity index (χ4n) is 3.88. The molecule has 1 saturated heterocycles. The number of aromatic nitrogens is 2. The van der Waals surface area contributed by atoms with Gasteiger partial charge in [-0.1, -0.05) is 30.3 Å². The van der Waals surface area contributed by atoms with E-state index in [4.69, 9.17) is 9.72 Å². The lowest BCUT2D eigenvalue weighted by Crippen LogP contribution is -2.42. The molecule has 26 heavy (non-hydrogen) atoms. The number of carbonyl (C=O) groups excluding carboxylic acids is 1. The molecule has 0 aliphatic carbocycles. The van der Waals surface area contributed by atoms with Gasteiger partial charge in [0.1, 0.15) is 0 Å². The van der Waals surface area contributed by atoms with Crippen LogP contribution >= 0.6 is 0 Å². The third-order valence-electron chi connectivity index (χ3n) is 5.29. The first kappa shape index (κ1) is 17.0. The Kier molecular flexibility index (Phi) is 4.36. The van der Waals surface area contributed by atoms with Crippen LogP contribution in [0.4, 0.5) is 5.95 Å². The van der Waals surface area contributed by atoms with Gasteiger partial charge in [0.25, 0.3) is 0 Å². The fraction of sp³-hybridized carbons (Fsp3) is 0.450. The molecule has 1 amide bonds. The second kappa shape index (κ2) is 6.68. The molecule has 2 aliphatic heterocycles. The van der Waals surface area contributed by atoms with Crippen molar-refractivity contribution in [3.63, 3.8) is 0 Å². The summed E-state index contributed by atoms with van der Waals surface area (Å²) in [5.74, 6) is 0.876. The summed E-state index contributed by atoms with van der Waals surface area (Å²) in [6.07, 6.45) is 3.19. The minimum absolute atomic E-state index is 0.169. The van der Waals surface area contributed by atoms with Gasteiger partial charge in [-0.05, 0) is 12.0 Å². The number of nitrogens with zero attached hydrogens (tertiary/aromatic N) is 4. The predicted octanol–water partition coefficient (Wildman–Crippen LogP) is 1.79. The molecule has 1 atom stereocenters. The molecule has 1 aromatic heterocycles. The lowest BCUT2D eigenvalue weighted by atomic mass is 9.80. The number of hydrogen-bond acceptors (Lipinski definition) is 5. The first-order chi connectivity index (χ1) is 12.6. The minimum atomic E-state index is -0.215. The van der Waals surface area contributed by atoms with Crippen molar-refractivity contribution < 1.29 is 9.53 Å². The highest BCUT2D eigenvalue weighted by atomic mass is 16.5. The lowest BCUT2D eigenvalue weighted by molar-refractivity contribution is -0.129. The van der Waals surface area contributed by atoms with Gasteiger partial charge in [0, 0.05) is 38.9 Å². The number of fused-ring (bicyclic) bond motifs is 2. The van der Waals surface area contributed by atoms with Gasteiger partial charge in [0.2, 0.25) is 11.9 Å². The normalized spacial score (nSPS) is 21.7. The molecular weight excluding hydrogens is 328 g/mol. The molecule has 2 aliphatic rings. The van der Waals surface area contributed by atoms with E-state index in [0.717, 1.165) is 29.8 Å². The monoisotopic (exact) mass is 352 g/mol. The third kappa shape index (κ3) is 3.05. The van der Waals surface area contributed by atoms with E-state index in [9.17, 15) is 4.79 Å². The summed E-state index contributed by atoms with van der Waals surface area (Å²) in [7, 11) is 3.89. The zero-order valence-electron chi connectivity index (χ0n) is 15.3. The van der Waals surface area contributed by atoms with Crippen molar-refractivity contribution in [1.29, 1.82) is 0 Å². The van der Waals surface area contributed by atoms with E-state index in [0.29, 0.717) is 32.1 Å². The zero-order chi connectivity index (χ0) is 18.1. The lowest BCUT2D eigenvalue weighted by Gasteiger charge is -2.34. The number of hydrogen-bond donors (Lipinski definition) is 0. The maximum Gasteiger partial charge on any atom is 0.227 e. The van der Waals surface area contributed by atoms with Gasteiger partial charge in [0.15, 0.2) is 0 Å². The summed E-state index contributed by atoms with van der Waals surface area (Å²) in [6, 6.07) is 9.91. The second-order valence-corrected chi connectivity index (χ2v) is 7.44. The Bertz CT molecular complexity index is 809. The summed E-state index contributed by atoms with van der Waals surface area (Å²) in [5, 5.41) is 0. The largest absolute Gasteiger partial charge is 0.376 e. The molecule has 1 fully saturated rings. The van der Waals surface area contributed by atoms with Gasteiger partial charge >= 0.3 is 0 Å². The van der Waals surface area contributed by atoms with Crippen LogP contribution in [-0.4, -0.2) is 54.6 Å². The van der Waals surface area contributed by atoms with Crippen LogP contribution in [0.25, 0.3) is 0 Å². The molecule has 3 heterocycles. The molecule has 0 saturated carbocycles. The molecule has 6 nitrogen and oxygen atoms in total. The number of rotatable bonds is 3. The molecule has 6 heteroatoms. The highest BCUT2D eigenvalue weighted by molar-refractivity contribution is 5.79. The van der Waals surface area contributed by atoms with Gasteiger partial charge in [0.05, 0.1) is 30.7 Å². The topological polar surface area (TPSA) is 58.6 Å². The van der Waals surface area contributed by atoms with Crippen LogP contribution in [0, 0.1) is 0 Å².